The Balaban J connectivity index is 3.28. The highest BCUT2D eigenvalue weighted by atomic mass is 16.5. The molecule has 1 rings (SSSR count). The first-order valence-corrected chi connectivity index (χ1v) is 5.77. The lowest BCUT2D eigenvalue weighted by Crippen LogP contribution is -2.24. The van der Waals surface area contributed by atoms with Gasteiger partial charge in [-0.15, -0.1) is 0 Å². The molecule has 0 bridgehead atoms. The summed E-state index contributed by atoms with van der Waals surface area (Å²) in [6.45, 7) is 12.1. The first-order valence-electron chi connectivity index (χ1n) is 5.77. The zero-order valence-electron chi connectivity index (χ0n) is 11.1. The molecule has 0 spiro atoms. The van der Waals surface area contributed by atoms with Crippen LogP contribution in [0, 0.1) is 13.8 Å². The summed E-state index contributed by atoms with van der Waals surface area (Å²) in [6.07, 6.45) is 0.818. The van der Waals surface area contributed by atoms with Gasteiger partial charge >= 0.3 is 0 Å². The Kier molecular flexibility index (Phi) is 3.51. The molecule has 0 amide bonds. The predicted octanol–water partition coefficient (Wildman–Crippen LogP) is 3.75. The zero-order valence-corrected chi connectivity index (χ0v) is 11.1. The van der Waals surface area contributed by atoms with Gasteiger partial charge in [0.25, 0.3) is 0 Å². The van der Waals surface area contributed by atoms with Crippen molar-refractivity contribution in [1.29, 1.82) is 0 Å². The summed E-state index contributed by atoms with van der Waals surface area (Å²) >= 11 is 0. The van der Waals surface area contributed by atoms with Crippen LogP contribution in [-0.2, 0) is 6.42 Å². The smallest absolute Gasteiger partial charge is 0.126 e. The molecule has 16 heavy (non-hydrogen) atoms. The summed E-state index contributed by atoms with van der Waals surface area (Å²) in [5.74, 6) is 1.28. The maximum absolute atomic E-state index is 9.84. The van der Waals surface area contributed by atoms with E-state index in [-0.39, 0.29) is 5.60 Å². The Morgan fingerprint density at radius 1 is 1.25 bits per heavy atom. The van der Waals surface area contributed by atoms with Crippen LogP contribution in [0.5, 0.6) is 11.5 Å². The summed E-state index contributed by atoms with van der Waals surface area (Å²) in [6, 6.07) is 1.78. The molecular weight excluding hydrogens is 200 g/mol. The van der Waals surface area contributed by atoms with Crippen molar-refractivity contribution >= 4 is 0 Å². The molecule has 0 unspecified atom stereocenters. The molecule has 0 atom stereocenters. The van der Waals surface area contributed by atoms with Gasteiger partial charge in [-0.1, -0.05) is 6.92 Å². The predicted molar refractivity (Wildman–Crippen MR) is 67.3 cm³/mol. The lowest BCUT2D eigenvalue weighted by molar-refractivity contribution is 0.128. The van der Waals surface area contributed by atoms with Gasteiger partial charge in [0.2, 0.25) is 0 Å². The van der Waals surface area contributed by atoms with Gasteiger partial charge in [-0.25, -0.2) is 0 Å². The van der Waals surface area contributed by atoms with Crippen molar-refractivity contribution < 1.29 is 9.84 Å². The van der Waals surface area contributed by atoms with Crippen molar-refractivity contribution in [2.45, 2.75) is 53.6 Å². The van der Waals surface area contributed by atoms with Crippen molar-refractivity contribution in [2.24, 2.45) is 0 Å². The number of aryl methyl sites for hydroxylation is 1. The molecule has 0 aliphatic heterocycles. The Labute approximate surface area is 98.3 Å². The van der Waals surface area contributed by atoms with Crippen LogP contribution in [0.1, 0.15) is 44.4 Å². The van der Waals surface area contributed by atoms with Gasteiger partial charge in [-0.05, 0) is 58.2 Å². The molecular formula is C14H22O2. The average molecular weight is 222 g/mol. The van der Waals surface area contributed by atoms with Crippen molar-refractivity contribution in [3.63, 3.8) is 0 Å². The van der Waals surface area contributed by atoms with Crippen LogP contribution >= 0.6 is 0 Å². The Morgan fingerprint density at radius 2 is 1.81 bits per heavy atom. The molecule has 0 saturated carbocycles. The number of benzene rings is 1. The number of phenols is 1. The minimum Gasteiger partial charge on any atom is -0.508 e. The molecule has 1 aromatic carbocycles. The fourth-order valence-corrected chi connectivity index (χ4v) is 1.89. The van der Waals surface area contributed by atoms with Gasteiger partial charge in [0, 0.05) is 5.56 Å². The average Bonchev–Trinajstić information content (AvgIpc) is 2.11. The number of rotatable bonds is 2. The molecule has 0 aliphatic carbocycles. The lowest BCUT2D eigenvalue weighted by Gasteiger charge is -2.25. The first-order chi connectivity index (χ1) is 7.26. The monoisotopic (exact) mass is 222 g/mol. The molecule has 0 aromatic heterocycles. The van der Waals surface area contributed by atoms with Crippen molar-refractivity contribution in [3.05, 3.63) is 22.8 Å². The first kappa shape index (κ1) is 12.9. The SMILES string of the molecule is CCc1c(O)cc(C)c(OC(C)(C)C)c1C. The van der Waals surface area contributed by atoms with Gasteiger partial charge in [0.05, 0.1) is 0 Å². The fraction of sp³-hybridized carbons (Fsp3) is 0.571. The highest BCUT2D eigenvalue weighted by Crippen LogP contribution is 2.35. The minimum atomic E-state index is -0.211. The van der Waals surface area contributed by atoms with E-state index in [4.69, 9.17) is 4.74 Å². The van der Waals surface area contributed by atoms with Gasteiger partial charge < -0.3 is 9.84 Å². The number of phenolic OH excluding ortho intramolecular Hbond substituents is 1. The third-order valence-electron chi connectivity index (χ3n) is 2.58. The summed E-state index contributed by atoms with van der Waals surface area (Å²) in [4.78, 5) is 0. The van der Waals surface area contributed by atoms with E-state index in [1.165, 1.54) is 0 Å². The van der Waals surface area contributed by atoms with Crippen LogP contribution < -0.4 is 4.74 Å². The molecule has 2 nitrogen and oxygen atoms in total. The summed E-state index contributed by atoms with van der Waals surface area (Å²) in [5.41, 5.74) is 2.80. The summed E-state index contributed by atoms with van der Waals surface area (Å²) in [7, 11) is 0. The molecule has 0 saturated heterocycles. The van der Waals surface area contributed by atoms with E-state index in [0.29, 0.717) is 5.75 Å². The highest BCUT2D eigenvalue weighted by Gasteiger charge is 2.18. The Bertz CT molecular complexity index is 387. The normalized spacial score (nSPS) is 11.6. The van der Waals surface area contributed by atoms with E-state index in [0.717, 1.165) is 28.9 Å². The van der Waals surface area contributed by atoms with E-state index in [2.05, 4.69) is 0 Å². The zero-order chi connectivity index (χ0) is 12.5. The Hall–Kier alpha value is -1.18. The van der Waals surface area contributed by atoms with E-state index in [9.17, 15) is 5.11 Å². The fourth-order valence-electron chi connectivity index (χ4n) is 1.89. The quantitative estimate of drug-likeness (QED) is 0.825. The number of hydrogen-bond donors (Lipinski definition) is 1. The number of hydrogen-bond acceptors (Lipinski definition) is 2. The van der Waals surface area contributed by atoms with Gasteiger partial charge in [-0.3, -0.25) is 0 Å². The summed E-state index contributed by atoms with van der Waals surface area (Å²) in [5, 5.41) is 9.84. The van der Waals surface area contributed by atoms with Gasteiger partial charge in [0.15, 0.2) is 0 Å². The maximum atomic E-state index is 9.84. The molecule has 1 aromatic rings. The number of aromatic hydroxyl groups is 1. The third-order valence-corrected chi connectivity index (χ3v) is 2.58. The second-order valence-electron chi connectivity index (χ2n) is 5.21. The van der Waals surface area contributed by atoms with E-state index < -0.39 is 0 Å². The second-order valence-corrected chi connectivity index (χ2v) is 5.21. The summed E-state index contributed by atoms with van der Waals surface area (Å²) < 4.78 is 5.95. The Morgan fingerprint density at radius 3 is 2.25 bits per heavy atom. The van der Waals surface area contributed by atoms with Gasteiger partial charge in [-0.2, -0.15) is 0 Å². The molecule has 2 heteroatoms. The standard InChI is InChI=1S/C14H22O2/c1-7-11-10(3)13(16-14(4,5)6)9(2)8-12(11)15/h8,15H,7H2,1-6H3. The van der Waals surface area contributed by atoms with Crippen molar-refractivity contribution in [1.82, 2.24) is 0 Å². The van der Waals surface area contributed by atoms with Crippen LogP contribution in [0.15, 0.2) is 6.07 Å². The highest BCUT2D eigenvalue weighted by molar-refractivity contribution is 5.52. The van der Waals surface area contributed by atoms with Crippen LogP contribution in [-0.4, -0.2) is 10.7 Å². The van der Waals surface area contributed by atoms with Crippen LogP contribution in [0.2, 0.25) is 0 Å². The largest absolute Gasteiger partial charge is 0.508 e. The van der Waals surface area contributed by atoms with Gasteiger partial charge in [0.1, 0.15) is 17.1 Å². The lowest BCUT2D eigenvalue weighted by atomic mass is 10.00. The van der Waals surface area contributed by atoms with Crippen LogP contribution in [0.25, 0.3) is 0 Å². The topological polar surface area (TPSA) is 29.5 Å². The van der Waals surface area contributed by atoms with Crippen LogP contribution in [0.3, 0.4) is 0 Å². The maximum Gasteiger partial charge on any atom is 0.126 e. The molecule has 90 valence electrons. The van der Waals surface area contributed by atoms with Crippen LogP contribution in [0.4, 0.5) is 0 Å². The van der Waals surface area contributed by atoms with E-state index in [1.807, 2.05) is 41.5 Å². The minimum absolute atomic E-state index is 0.211. The van der Waals surface area contributed by atoms with Crippen molar-refractivity contribution in [2.75, 3.05) is 0 Å². The molecule has 0 fully saturated rings. The van der Waals surface area contributed by atoms with E-state index >= 15 is 0 Å². The molecule has 0 radical (unpaired) electrons. The molecule has 0 heterocycles. The van der Waals surface area contributed by atoms with E-state index in [1.54, 1.807) is 6.07 Å². The van der Waals surface area contributed by atoms with Crippen molar-refractivity contribution in [3.8, 4) is 11.5 Å². The molecule has 0 aliphatic rings. The second kappa shape index (κ2) is 4.36. The number of ether oxygens (including phenoxy) is 1. The molecule has 1 N–H and O–H groups in total. The third kappa shape index (κ3) is 2.69.